The number of aromatic nitrogens is 3. The van der Waals surface area contributed by atoms with Crippen LogP contribution >= 0.6 is 0 Å². The molecule has 63 heavy (non-hydrogen) atoms. The number of alkyl halides is 1. The second-order valence-corrected chi connectivity index (χ2v) is 14.6. The molecule has 1 saturated carbocycles. The maximum Gasteiger partial charge on any atom is 0.251 e. The zero-order chi connectivity index (χ0) is 46.3. The molecular formula is C45H60FN11O6. The lowest BCUT2D eigenvalue weighted by molar-refractivity contribution is -0.113. The Balaban J connectivity index is 0.00000105. The molecule has 2 amide bonds. The summed E-state index contributed by atoms with van der Waals surface area (Å²) in [7, 11) is 12.8. The molecule has 0 saturated heterocycles. The molecule has 2 aromatic heterocycles. The number of aryl methyl sites for hydroxylation is 1. The summed E-state index contributed by atoms with van der Waals surface area (Å²) in [4.78, 5) is 79.7. The van der Waals surface area contributed by atoms with Gasteiger partial charge in [0, 0.05) is 70.7 Å². The summed E-state index contributed by atoms with van der Waals surface area (Å²) in [6.45, 7) is 0.498. The molecule has 2 aromatic carbocycles. The number of unbranched alkanes of at least 4 members (excludes halogenated alkanes) is 1. The molecule has 1 aliphatic rings. The molecule has 0 radical (unpaired) electrons. The van der Waals surface area contributed by atoms with E-state index in [-0.39, 0.29) is 36.2 Å². The molecule has 1 unspecified atom stereocenters. The van der Waals surface area contributed by atoms with Crippen LogP contribution in [-0.2, 0) is 25.6 Å². The number of benzene rings is 2. The highest BCUT2D eigenvalue weighted by atomic mass is 19.1. The number of nitrogens with zero attached hydrogens (tertiary/aromatic N) is 6. The first-order chi connectivity index (χ1) is 30.4. The van der Waals surface area contributed by atoms with Crippen molar-refractivity contribution in [3.8, 4) is 0 Å². The van der Waals surface area contributed by atoms with E-state index in [1.54, 1.807) is 50.6 Å². The Bertz CT molecular complexity index is 2170. The van der Waals surface area contributed by atoms with Gasteiger partial charge in [-0.3, -0.25) is 19.2 Å². The van der Waals surface area contributed by atoms with Gasteiger partial charge < -0.3 is 50.9 Å². The Morgan fingerprint density at radius 2 is 1.68 bits per heavy atom. The van der Waals surface area contributed by atoms with Crippen LogP contribution in [0.3, 0.4) is 0 Å². The van der Waals surface area contributed by atoms with Gasteiger partial charge in [-0.15, -0.1) is 5.10 Å². The number of anilines is 5. The predicted molar refractivity (Wildman–Crippen MR) is 247 cm³/mol. The Morgan fingerprint density at radius 3 is 2.24 bits per heavy atom. The highest BCUT2D eigenvalue weighted by Gasteiger charge is 2.35. The third-order valence-electron chi connectivity index (χ3n) is 9.67. The predicted octanol–water partition coefficient (Wildman–Crippen LogP) is 4.21. The van der Waals surface area contributed by atoms with Crippen molar-refractivity contribution in [2.45, 2.75) is 56.8 Å². The number of aldehydes is 4. The normalized spacial score (nSPS) is 14.5. The number of hydrogen-bond acceptors (Lipinski definition) is 14. The van der Waals surface area contributed by atoms with Crippen LogP contribution in [0.25, 0.3) is 5.65 Å². The Hall–Kier alpha value is -6.79. The molecule has 0 spiro atoms. The van der Waals surface area contributed by atoms with Gasteiger partial charge in [0.1, 0.15) is 24.4 Å². The number of halogens is 1. The number of imidazole rings is 1. The SMILES string of the molecule is CNC.CN[C@@H]1C[C@@H]1F.CNc1cc(N/C(C=O)=C/C=C\N(C)c2ccc(C(=O)NCCCCc3ccc(N(C=O)C(C=O)CCC=O)c(N(C)C)c3)cc2)nn2c(C=O)cnc12. The van der Waals surface area contributed by atoms with Crippen LogP contribution in [0.1, 0.15) is 58.5 Å². The first-order valence-corrected chi connectivity index (χ1v) is 20.5. The van der Waals surface area contributed by atoms with Crippen LogP contribution in [0, 0.1) is 0 Å². The average Bonchev–Trinajstić information content (AvgIpc) is 3.87. The summed E-state index contributed by atoms with van der Waals surface area (Å²) in [6, 6.07) is 14.0. The molecule has 1 fully saturated rings. The average molecular weight is 870 g/mol. The van der Waals surface area contributed by atoms with Crippen molar-refractivity contribution in [1.29, 1.82) is 0 Å². The first-order valence-electron chi connectivity index (χ1n) is 20.5. The van der Waals surface area contributed by atoms with Crippen LogP contribution in [0.2, 0.25) is 0 Å². The van der Waals surface area contributed by atoms with Gasteiger partial charge in [0.25, 0.3) is 5.91 Å². The number of carbonyl (C=O) groups excluding carboxylic acids is 6. The molecule has 18 heteroatoms. The number of nitrogens with one attached hydrogen (secondary N) is 5. The number of rotatable bonds is 23. The molecule has 0 bridgehead atoms. The van der Waals surface area contributed by atoms with E-state index in [9.17, 15) is 33.2 Å². The molecule has 5 N–H and O–H groups in total. The highest BCUT2D eigenvalue weighted by molar-refractivity contribution is 5.94. The number of amides is 2. The fourth-order valence-electron chi connectivity index (χ4n) is 6.13. The van der Waals surface area contributed by atoms with E-state index >= 15 is 0 Å². The number of hydrogen-bond donors (Lipinski definition) is 5. The first kappa shape index (κ1) is 50.6. The minimum atomic E-state index is -0.730. The fourth-order valence-corrected chi connectivity index (χ4v) is 6.13. The van der Waals surface area contributed by atoms with E-state index in [4.69, 9.17) is 0 Å². The molecule has 4 aromatic rings. The molecule has 1 aliphatic carbocycles. The monoisotopic (exact) mass is 869 g/mol. The van der Waals surface area contributed by atoms with Crippen molar-refractivity contribution < 1.29 is 33.2 Å². The largest absolute Gasteiger partial charge is 0.385 e. The smallest absolute Gasteiger partial charge is 0.251 e. The van der Waals surface area contributed by atoms with Gasteiger partial charge >= 0.3 is 0 Å². The minimum Gasteiger partial charge on any atom is -0.385 e. The van der Waals surface area contributed by atoms with Crippen molar-refractivity contribution in [2.75, 3.05) is 81.2 Å². The molecule has 2 heterocycles. The van der Waals surface area contributed by atoms with Gasteiger partial charge in [0.05, 0.1) is 35.0 Å². The minimum absolute atomic E-state index is 0.180. The van der Waals surface area contributed by atoms with E-state index < -0.39 is 12.2 Å². The highest BCUT2D eigenvalue weighted by Crippen LogP contribution is 2.31. The molecule has 3 atom stereocenters. The molecular weight excluding hydrogens is 810 g/mol. The number of fused-ring (bicyclic) bond motifs is 1. The number of carbonyl (C=O) groups is 6. The molecule has 17 nitrogen and oxygen atoms in total. The van der Waals surface area contributed by atoms with Crippen LogP contribution in [0.15, 0.2) is 78.8 Å². The maximum atomic E-state index is 12.8. The Morgan fingerprint density at radius 1 is 0.968 bits per heavy atom. The topological polar surface area (TPSA) is 202 Å². The van der Waals surface area contributed by atoms with Crippen molar-refractivity contribution >= 4 is 71.7 Å². The van der Waals surface area contributed by atoms with Gasteiger partial charge in [0.2, 0.25) is 6.41 Å². The quantitative estimate of drug-likeness (QED) is 0.0307. The van der Waals surface area contributed by atoms with Gasteiger partial charge in [0.15, 0.2) is 24.0 Å². The van der Waals surface area contributed by atoms with E-state index in [0.717, 1.165) is 48.9 Å². The van der Waals surface area contributed by atoms with Crippen molar-refractivity contribution in [1.82, 2.24) is 30.5 Å². The standard InChI is InChI=1S/C39H45N9O6.C4H8FN.C2H7N/c1-40-34-22-37(44-48-33(26-52)23-42-38(34)48)43-30(24-50)10-7-19-46(4)31-15-13-29(14-16-31)39(54)41-18-6-5-9-28-12-17-35(36(21-28)45(2)3)47(27-53)32(25-51)11-8-20-49;1-6-4-2-3(4)5;1-3-2/h7,10,12-17,19-27,32,40H,5-6,8-9,11,18H2,1-4H3,(H,41,54)(H,43,44);3-4,6H,2H2,1H3;3H,1-2H3/b19-7-,30-10+;;/t;3-,4+;/m.0./s1. The van der Waals surface area contributed by atoms with Crippen LogP contribution in [-0.4, -0.2) is 126 Å². The second kappa shape index (κ2) is 26.5. The lowest BCUT2D eigenvalue weighted by Crippen LogP contribution is -2.36. The van der Waals surface area contributed by atoms with Crippen molar-refractivity contribution in [3.63, 3.8) is 0 Å². The third-order valence-corrected chi connectivity index (χ3v) is 9.67. The van der Waals surface area contributed by atoms with E-state index in [1.807, 2.05) is 75.4 Å². The van der Waals surface area contributed by atoms with E-state index in [0.29, 0.717) is 60.2 Å². The third kappa shape index (κ3) is 15.3. The second-order valence-electron chi connectivity index (χ2n) is 14.6. The van der Waals surface area contributed by atoms with Crippen molar-refractivity contribution in [3.05, 3.63) is 95.6 Å². The summed E-state index contributed by atoms with van der Waals surface area (Å²) in [6.07, 6.45) is 12.8. The van der Waals surface area contributed by atoms with Gasteiger partial charge in [-0.2, -0.15) is 0 Å². The molecule has 338 valence electrons. The van der Waals surface area contributed by atoms with Gasteiger partial charge in [-0.1, -0.05) is 6.07 Å². The summed E-state index contributed by atoms with van der Waals surface area (Å²) >= 11 is 0. The lowest BCUT2D eigenvalue weighted by atomic mass is 10.0. The van der Waals surface area contributed by atoms with E-state index in [2.05, 4.69) is 36.7 Å². The molecule has 0 aliphatic heterocycles. The Labute approximate surface area is 368 Å². The summed E-state index contributed by atoms with van der Waals surface area (Å²) < 4.78 is 13.1. The Kier molecular flexibility index (Phi) is 21.3. The summed E-state index contributed by atoms with van der Waals surface area (Å²) in [5.41, 5.74) is 5.40. The zero-order valence-corrected chi connectivity index (χ0v) is 37.0. The fraction of sp³-hybridized carbons (Fsp3) is 0.378. The van der Waals surface area contributed by atoms with Crippen LogP contribution in [0.4, 0.5) is 33.0 Å². The number of allylic oxidation sites excluding steroid dienone is 3. The van der Waals surface area contributed by atoms with E-state index in [1.165, 1.54) is 15.6 Å². The van der Waals surface area contributed by atoms with Crippen LogP contribution in [0.5, 0.6) is 0 Å². The molecule has 5 rings (SSSR count). The maximum absolute atomic E-state index is 12.8. The van der Waals surface area contributed by atoms with Crippen molar-refractivity contribution in [2.24, 2.45) is 0 Å². The summed E-state index contributed by atoms with van der Waals surface area (Å²) in [5.74, 6) is 0.162. The summed E-state index contributed by atoms with van der Waals surface area (Å²) in [5, 5.41) is 18.9. The zero-order valence-electron chi connectivity index (χ0n) is 37.0. The van der Waals surface area contributed by atoms with Crippen LogP contribution < -0.4 is 41.3 Å². The lowest BCUT2D eigenvalue weighted by Gasteiger charge is -2.28. The van der Waals surface area contributed by atoms with Gasteiger partial charge in [-0.05, 0) is 107 Å². The van der Waals surface area contributed by atoms with Gasteiger partial charge in [-0.25, -0.2) is 13.9 Å².